The number of benzene rings is 1. The van der Waals surface area contributed by atoms with Gasteiger partial charge in [-0.3, -0.25) is 4.90 Å². The summed E-state index contributed by atoms with van der Waals surface area (Å²) in [6.07, 6.45) is 6.68. The van der Waals surface area contributed by atoms with Gasteiger partial charge in [0.25, 0.3) is 0 Å². The van der Waals surface area contributed by atoms with Crippen LogP contribution in [-0.2, 0) is 0 Å². The minimum Gasteiger partial charge on any atom is -0.329 e. The molecule has 1 aliphatic rings. The summed E-state index contributed by atoms with van der Waals surface area (Å²) in [5.41, 5.74) is 8.38. The number of rotatable bonds is 4. The average molecular weight is 281 g/mol. The summed E-state index contributed by atoms with van der Waals surface area (Å²) in [6.45, 7) is 2.68. The highest BCUT2D eigenvalue weighted by Gasteiger charge is 2.24. The molecule has 0 aromatic heterocycles. The highest BCUT2D eigenvalue weighted by Crippen LogP contribution is 2.30. The van der Waals surface area contributed by atoms with E-state index in [1.165, 1.54) is 37.7 Å². The van der Waals surface area contributed by atoms with Gasteiger partial charge in [-0.2, -0.15) is 0 Å². The van der Waals surface area contributed by atoms with Gasteiger partial charge in [0.05, 0.1) is 0 Å². The molecule has 0 saturated heterocycles. The zero-order valence-corrected chi connectivity index (χ0v) is 12.8. The topological polar surface area (TPSA) is 29.3 Å². The van der Waals surface area contributed by atoms with Crippen LogP contribution in [0.15, 0.2) is 18.2 Å². The van der Waals surface area contributed by atoms with Crippen molar-refractivity contribution in [2.75, 3.05) is 13.6 Å². The van der Waals surface area contributed by atoms with E-state index in [1.54, 1.807) is 0 Å². The van der Waals surface area contributed by atoms with Gasteiger partial charge in [-0.15, -0.1) is 0 Å². The smallest absolute Gasteiger partial charge is 0.0470 e. The molecule has 2 N–H and O–H groups in total. The third-order valence-electron chi connectivity index (χ3n) is 4.45. The van der Waals surface area contributed by atoms with E-state index in [1.807, 2.05) is 6.92 Å². The second-order valence-corrected chi connectivity index (χ2v) is 6.12. The first-order valence-electron chi connectivity index (χ1n) is 7.31. The maximum absolute atomic E-state index is 6.25. The number of hydrogen-bond donors (Lipinski definition) is 1. The summed E-state index contributed by atoms with van der Waals surface area (Å²) in [6, 6.07) is 7.28. The van der Waals surface area contributed by atoms with E-state index < -0.39 is 0 Å². The predicted molar refractivity (Wildman–Crippen MR) is 82.6 cm³/mol. The molecule has 19 heavy (non-hydrogen) atoms. The molecule has 0 radical (unpaired) electrons. The zero-order chi connectivity index (χ0) is 13.8. The maximum Gasteiger partial charge on any atom is 0.0470 e. The molecule has 1 aromatic carbocycles. The Hall–Kier alpha value is -0.570. The molecular weight excluding hydrogens is 256 g/mol. The molecule has 0 heterocycles. The Bertz CT molecular complexity index is 413. The third-order valence-corrected chi connectivity index (χ3v) is 4.85. The molecule has 1 fully saturated rings. The minimum absolute atomic E-state index is 0.279. The number of halogens is 1. The van der Waals surface area contributed by atoms with E-state index >= 15 is 0 Å². The van der Waals surface area contributed by atoms with Crippen LogP contribution in [-0.4, -0.2) is 24.5 Å². The van der Waals surface area contributed by atoms with Gasteiger partial charge in [-0.25, -0.2) is 0 Å². The van der Waals surface area contributed by atoms with Crippen molar-refractivity contribution in [2.24, 2.45) is 5.73 Å². The lowest BCUT2D eigenvalue weighted by Crippen LogP contribution is -2.39. The maximum atomic E-state index is 6.25. The van der Waals surface area contributed by atoms with E-state index in [4.69, 9.17) is 17.3 Å². The molecule has 0 amide bonds. The van der Waals surface area contributed by atoms with Gasteiger partial charge in [0.1, 0.15) is 0 Å². The van der Waals surface area contributed by atoms with Crippen LogP contribution in [0.3, 0.4) is 0 Å². The van der Waals surface area contributed by atoms with Crippen LogP contribution >= 0.6 is 11.6 Å². The van der Waals surface area contributed by atoms with Crippen molar-refractivity contribution in [1.29, 1.82) is 0 Å². The molecule has 1 atom stereocenters. The summed E-state index contributed by atoms with van der Waals surface area (Å²) in [5.74, 6) is 0. The summed E-state index contributed by atoms with van der Waals surface area (Å²) in [5, 5.41) is 0.841. The normalized spacial score (nSPS) is 18.8. The molecule has 0 aliphatic heterocycles. The molecule has 2 rings (SSSR count). The van der Waals surface area contributed by atoms with Gasteiger partial charge in [0, 0.05) is 23.7 Å². The van der Waals surface area contributed by atoms with Crippen molar-refractivity contribution in [1.82, 2.24) is 4.90 Å². The van der Waals surface area contributed by atoms with Crippen LogP contribution in [0.4, 0.5) is 0 Å². The molecule has 0 spiro atoms. The van der Waals surface area contributed by atoms with Crippen LogP contribution in [0.1, 0.15) is 49.3 Å². The van der Waals surface area contributed by atoms with Crippen LogP contribution in [0.5, 0.6) is 0 Å². The van der Waals surface area contributed by atoms with Gasteiger partial charge in [-0.05, 0) is 44.0 Å². The predicted octanol–water partition coefficient (Wildman–Crippen LogP) is 3.91. The lowest BCUT2D eigenvalue weighted by molar-refractivity contribution is 0.141. The Morgan fingerprint density at radius 3 is 2.58 bits per heavy atom. The van der Waals surface area contributed by atoms with Crippen molar-refractivity contribution >= 4 is 11.6 Å². The Morgan fingerprint density at radius 2 is 2.00 bits per heavy atom. The second-order valence-electron chi connectivity index (χ2n) is 5.72. The van der Waals surface area contributed by atoms with E-state index in [-0.39, 0.29) is 6.04 Å². The Kier molecular flexibility index (Phi) is 5.26. The SMILES string of the molecule is Cc1ccc(C(CN)N(C)C2CCCCC2)cc1Cl. The summed E-state index contributed by atoms with van der Waals surface area (Å²) >= 11 is 6.25. The number of aryl methyl sites for hydroxylation is 1. The third kappa shape index (κ3) is 3.50. The van der Waals surface area contributed by atoms with Crippen molar-refractivity contribution in [3.63, 3.8) is 0 Å². The monoisotopic (exact) mass is 280 g/mol. The standard InChI is InChI=1S/C16H25ClN2/c1-12-8-9-13(10-15(12)17)16(11-18)19(2)14-6-4-3-5-7-14/h8-10,14,16H,3-7,11,18H2,1-2H3. The molecule has 1 aromatic rings. The highest BCUT2D eigenvalue weighted by atomic mass is 35.5. The molecule has 1 aliphatic carbocycles. The first kappa shape index (κ1) is 14.8. The fraction of sp³-hybridized carbons (Fsp3) is 0.625. The number of nitrogens with zero attached hydrogens (tertiary/aromatic N) is 1. The average Bonchev–Trinajstić information content (AvgIpc) is 2.44. The van der Waals surface area contributed by atoms with Gasteiger partial charge in [0.15, 0.2) is 0 Å². The van der Waals surface area contributed by atoms with E-state index in [9.17, 15) is 0 Å². The van der Waals surface area contributed by atoms with Crippen molar-refractivity contribution in [2.45, 2.75) is 51.1 Å². The molecule has 3 heteroatoms. The van der Waals surface area contributed by atoms with E-state index in [0.29, 0.717) is 12.6 Å². The van der Waals surface area contributed by atoms with Crippen LogP contribution in [0.25, 0.3) is 0 Å². The van der Waals surface area contributed by atoms with Crippen LogP contribution in [0.2, 0.25) is 5.02 Å². The molecule has 1 unspecified atom stereocenters. The first-order chi connectivity index (χ1) is 9.13. The number of hydrogen-bond acceptors (Lipinski definition) is 2. The van der Waals surface area contributed by atoms with Gasteiger partial charge in [-0.1, -0.05) is 43.0 Å². The molecule has 106 valence electrons. The molecule has 1 saturated carbocycles. The molecule has 0 bridgehead atoms. The minimum atomic E-state index is 0.279. The first-order valence-corrected chi connectivity index (χ1v) is 7.69. The summed E-state index contributed by atoms with van der Waals surface area (Å²) < 4.78 is 0. The van der Waals surface area contributed by atoms with Gasteiger partial charge in [0.2, 0.25) is 0 Å². The fourth-order valence-electron chi connectivity index (χ4n) is 3.10. The van der Waals surface area contributed by atoms with E-state index in [2.05, 4.69) is 30.1 Å². The number of likely N-dealkylation sites (N-methyl/N-ethyl adjacent to an activating group) is 1. The quantitative estimate of drug-likeness (QED) is 0.906. The fourth-order valence-corrected chi connectivity index (χ4v) is 3.29. The number of nitrogens with two attached hydrogens (primary N) is 1. The Balaban J connectivity index is 2.15. The van der Waals surface area contributed by atoms with Crippen molar-refractivity contribution in [3.8, 4) is 0 Å². The lowest BCUT2D eigenvalue weighted by Gasteiger charge is -2.37. The Labute approximate surface area is 121 Å². The zero-order valence-electron chi connectivity index (χ0n) is 12.0. The second kappa shape index (κ2) is 6.74. The van der Waals surface area contributed by atoms with Crippen LogP contribution < -0.4 is 5.73 Å². The molecule has 2 nitrogen and oxygen atoms in total. The van der Waals surface area contributed by atoms with Crippen molar-refractivity contribution < 1.29 is 0 Å². The summed E-state index contributed by atoms with van der Waals surface area (Å²) in [4.78, 5) is 2.46. The molecular formula is C16H25ClN2. The highest BCUT2D eigenvalue weighted by molar-refractivity contribution is 6.31. The largest absolute Gasteiger partial charge is 0.329 e. The van der Waals surface area contributed by atoms with Crippen molar-refractivity contribution in [3.05, 3.63) is 34.3 Å². The lowest BCUT2D eigenvalue weighted by atomic mass is 9.92. The van der Waals surface area contributed by atoms with E-state index in [0.717, 1.165) is 10.6 Å². The Morgan fingerprint density at radius 1 is 1.32 bits per heavy atom. The van der Waals surface area contributed by atoms with Gasteiger partial charge >= 0.3 is 0 Å². The summed E-state index contributed by atoms with van der Waals surface area (Å²) in [7, 11) is 2.21. The van der Waals surface area contributed by atoms with Crippen LogP contribution in [0, 0.1) is 6.92 Å². The van der Waals surface area contributed by atoms with Gasteiger partial charge < -0.3 is 5.73 Å².